The van der Waals surface area contributed by atoms with Gasteiger partial charge in [-0.3, -0.25) is 4.79 Å². The Kier molecular flexibility index (Phi) is 6.29. The number of hydrogen-bond donors (Lipinski definition) is 1. The third-order valence-electron chi connectivity index (χ3n) is 4.46. The Balaban J connectivity index is 2.23. The van der Waals surface area contributed by atoms with Gasteiger partial charge in [-0.15, -0.1) is 0 Å². The highest BCUT2D eigenvalue weighted by molar-refractivity contribution is 5.72. The summed E-state index contributed by atoms with van der Waals surface area (Å²) in [5.41, 5.74) is 4.98. The summed E-state index contributed by atoms with van der Waals surface area (Å²) in [6, 6.07) is 8.14. The number of carbonyl (C=O) groups excluding carboxylic acids is 1. The van der Waals surface area contributed by atoms with Crippen LogP contribution in [-0.2, 0) is 9.53 Å². The smallest absolute Gasteiger partial charge is 0.325 e. The van der Waals surface area contributed by atoms with Crippen LogP contribution in [0.3, 0.4) is 0 Å². The van der Waals surface area contributed by atoms with Gasteiger partial charge in [-0.2, -0.15) is 0 Å². The number of allylic oxidation sites excluding steroid dienone is 4. The van der Waals surface area contributed by atoms with Crippen LogP contribution in [0.15, 0.2) is 41.6 Å². The maximum atomic E-state index is 11.6. The van der Waals surface area contributed by atoms with E-state index in [-0.39, 0.29) is 17.9 Å². The lowest BCUT2D eigenvalue weighted by Gasteiger charge is -2.32. The highest BCUT2D eigenvalue weighted by Crippen LogP contribution is 2.39. The van der Waals surface area contributed by atoms with Gasteiger partial charge in [-0.05, 0) is 67.0 Å². The molecule has 0 aromatic heterocycles. The van der Waals surface area contributed by atoms with Crippen molar-refractivity contribution in [3.8, 4) is 5.75 Å². The molecule has 0 amide bonds. The van der Waals surface area contributed by atoms with Gasteiger partial charge in [0.1, 0.15) is 12.3 Å². The molecule has 0 heterocycles. The van der Waals surface area contributed by atoms with Crippen molar-refractivity contribution in [3.05, 3.63) is 47.2 Å². The molecule has 0 fully saturated rings. The molecule has 4 nitrogen and oxygen atoms in total. The minimum atomic E-state index is -0.218. The predicted octanol–water partition coefficient (Wildman–Crippen LogP) is 4.33. The van der Waals surface area contributed by atoms with Crippen molar-refractivity contribution in [1.82, 2.24) is 5.32 Å². The number of nitrogens with one attached hydrogen (secondary N) is 1. The van der Waals surface area contributed by atoms with Crippen molar-refractivity contribution in [1.29, 1.82) is 0 Å². The van der Waals surface area contributed by atoms with Gasteiger partial charge in [0.2, 0.25) is 0 Å². The number of carbonyl (C=O) groups is 1. The number of rotatable bonds is 6. The molecule has 0 saturated carbocycles. The molecule has 1 N–H and O–H groups in total. The highest BCUT2D eigenvalue weighted by atomic mass is 16.5. The van der Waals surface area contributed by atoms with Crippen molar-refractivity contribution in [2.45, 2.75) is 40.5 Å². The zero-order valence-electron chi connectivity index (χ0n) is 15.9. The number of hydrogen-bond acceptors (Lipinski definition) is 4. The van der Waals surface area contributed by atoms with Crippen molar-refractivity contribution in [2.24, 2.45) is 5.41 Å². The van der Waals surface area contributed by atoms with Crippen LogP contribution in [0.5, 0.6) is 5.75 Å². The normalized spacial score (nSPS) is 18.2. The zero-order valence-corrected chi connectivity index (χ0v) is 15.9. The molecule has 0 atom stereocenters. The Hall–Kier alpha value is -2.23. The second-order valence-corrected chi connectivity index (χ2v) is 7.22. The Morgan fingerprint density at radius 2 is 1.88 bits per heavy atom. The third kappa shape index (κ3) is 5.38. The topological polar surface area (TPSA) is 47.6 Å². The lowest BCUT2D eigenvalue weighted by molar-refractivity contribution is -0.141. The number of esters is 1. The molecule has 1 aromatic carbocycles. The van der Waals surface area contributed by atoms with Gasteiger partial charge in [-0.1, -0.05) is 26.0 Å². The van der Waals surface area contributed by atoms with Gasteiger partial charge in [0.05, 0.1) is 13.7 Å². The first kappa shape index (κ1) is 19.1. The lowest BCUT2D eigenvalue weighted by atomic mass is 9.75. The van der Waals surface area contributed by atoms with Crippen LogP contribution in [0, 0.1) is 5.41 Å². The molecule has 0 unspecified atom stereocenters. The van der Waals surface area contributed by atoms with E-state index in [0.29, 0.717) is 6.61 Å². The molecule has 0 saturated heterocycles. The largest absolute Gasteiger partial charge is 0.497 e. The van der Waals surface area contributed by atoms with E-state index in [1.54, 1.807) is 7.11 Å². The van der Waals surface area contributed by atoms with Crippen LogP contribution in [0.1, 0.15) is 46.1 Å². The molecule has 1 aliphatic rings. The summed E-state index contributed by atoms with van der Waals surface area (Å²) in [4.78, 5) is 11.6. The van der Waals surface area contributed by atoms with Crippen LogP contribution in [0.25, 0.3) is 5.57 Å². The van der Waals surface area contributed by atoms with E-state index in [9.17, 15) is 4.79 Å². The molecule has 0 bridgehead atoms. The monoisotopic (exact) mass is 343 g/mol. The van der Waals surface area contributed by atoms with Crippen molar-refractivity contribution < 1.29 is 14.3 Å². The maximum absolute atomic E-state index is 11.6. The van der Waals surface area contributed by atoms with Gasteiger partial charge in [0, 0.05) is 5.70 Å². The van der Waals surface area contributed by atoms with Gasteiger partial charge < -0.3 is 14.8 Å². The summed E-state index contributed by atoms with van der Waals surface area (Å²) in [5.74, 6) is 0.641. The average Bonchev–Trinajstić information content (AvgIpc) is 2.58. The van der Waals surface area contributed by atoms with Crippen LogP contribution < -0.4 is 10.1 Å². The fourth-order valence-electron chi connectivity index (χ4n) is 3.18. The average molecular weight is 343 g/mol. The molecule has 136 valence electrons. The van der Waals surface area contributed by atoms with E-state index in [2.05, 4.69) is 44.3 Å². The van der Waals surface area contributed by atoms with Gasteiger partial charge in [0.25, 0.3) is 0 Å². The van der Waals surface area contributed by atoms with Crippen LogP contribution in [0.4, 0.5) is 0 Å². The first-order chi connectivity index (χ1) is 11.8. The number of benzene rings is 1. The molecular formula is C21H29NO3. The molecule has 4 heteroatoms. The Morgan fingerprint density at radius 3 is 2.48 bits per heavy atom. The Morgan fingerprint density at radius 1 is 1.20 bits per heavy atom. The molecule has 25 heavy (non-hydrogen) atoms. The molecule has 0 spiro atoms. The summed E-state index contributed by atoms with van der Waals surface area (Å²) >= 11 is 0. The first-order valence-corrected chi connectivity index (χ1v) is 8.79. The summed E-state index contributed by atoms with van der Waals surface area (Å²) in [6.45, 7) is 9.11. The molecule has 2 rings (SSSR count). The first-order valence-electron chi connectivity index (χ1n) is 8.79. The van der Waals surface area contributed by atoms with Crippen molar-refractivity contribution in [2.75, 3.05) is 20.3 Å². The van der Waals surface area contributed by atoms with E-state index >= 15 is 0 Å². The SMILES string of the molecule is CCOC(=O)CNC1=C/C(=C(\C)c2ccc(OC)cc2)CC(C)(C)C1. The number of ether oxygens (including phenoxy) is 2. The van der Waals surface area contributed by atoms with E-state index < -0.39 is 0 Å². The third-order valence-corrected chi connectivity index (χ3v) is 4.46. The van der Waals surface area contributed by atoms with Gasteiger partial charge in [0.15, 0.2) is 0 Å². The minimum Gasteiger partial charge on any atom is -0.497 e. The molecule has 0 radical (unpaired) electrons. The maximum Gasteiger partial charge on any atom is 0.325 e. The van der Waals surface area contributed by atoms with E-state index in [1.807, 2.05) is 19.1 Å². The second kappa shape index (κ2) is 8.24. The summed E-state index contributed by atoms with van der Waals surface area (Å²) in [5, 5.41) is 3.25. The Bertz CT molecular complexity index is 669. The fourth-order valence-corrected chi connectivity index (χ4v) is 3.18. The highest BCUT2D eigenvalue weighted by Gasteiger charge is 2.27. The molecule has 0 aliphatic heterocycles. The van der Waals surface area contributed by atoms with Crippen LogP contribution >= 0.6 is 0 Å². The fraction of sp³-hybridized carbons (Fsp3) is 0.476. The minimum absolute atomic E-state index is 0.148. The Labute approximate surface area is 150 Å². The molecule has 1 aliphatic carbocycles. The van der Waals surface area contributed by atoms with Crippen LogP contribution in [-0.4, -0.2) is 26.2 Å². The van der Waals surface area contributed by atoms with E-state index in [0.717, 1.165) is 24.3 Å². The van der Waals surface area contributed by atoms with Gasteiger partial charge >= 0.3 is 5.97 Å². The summed E-state index contributed by atoms with van der Waals surface area (Å²) in [7, 11) is 1.67. The van der Waals surface area contributed by atoms with E-state index in [1.165, 1.54) is 16.7 Å². The quantitative estimate of drug-likeness (QED) is 0.781. The summed E-state index contributed by atoms with van der Waals surface area (Å²) in [6.07, 6.45) is 4.12. The summed E-state index contributed by atoms with van der Waals surface area (Å²) < 4.78 is 10.2. The van der Waals surface area contributed by atoms with Crippen molar-refractivity contribution >= 4 is 11.5 Å². The van der Waals surface area contributed by atoms with Gasteiger partial charge in [-0.25, -0.2) is 0 Å². The molecular weight excluding hydrogens is 314 g/mol. The zero-order chi connectivity index (χ0) is 18.4. The lowest BCUT2D eigenvalue weighted by Crippen LogP contribution is -2.29. The second-order valence-electron chi connectivity index (χ2n) is 7.22. The standard InChI is InChI=1S/C21H29NO3/c1-6-25-20(23)14-22-18-11-17(12-21(3,4)13-18)15(2)16-7-9-19(24-5)10-8-16/h7-11,22H,6,12-14H2,1-5H3/b17-15-. The predicted molar refractivity (Wildman–Crippen MR) is 101 cm³/mol. The van der Waals surface area contributed by atoms with E-state index in [4.69, 9.17) is 9.47 Å². The van der Waals surface area contributed by atoms with Crippen molar-refractivity contribution in [3.63, 3.8) is 0 Å². The van der Waals surface area contributed by atoms with Crippen LogP contribution in [0.2, 0.25) is 0 Å². The number of methoxy groups -OCH3 is 1. The molecule has 1 aromatic rings.